The number of amides is 4. The van der Waals surface area contributed by atoms with Crippen molar-refractivity contribution in [3.05, 3.63) is 77.0 Å². The fourth-order valence-corrected chi connectivity index (χ4v) is 9.38. The van der Waals surface area contributed by atoms with Crippen LogP contribution in [0, 0.1) is 0 Å². The van der Waals surface area contributed by atoms with E-state index in [2.05, 4.69) is 30.3 Å². The molecule has 4 amide bonds. The van der Waals surface area contributed by atoms with Crippen molar-refractivity contribution < 1.29 is 33.0 Å². The van der Waals surface area contributed by atoms with E-state index in [4.69, 9.17) is 49.8 Å². The Morgan fingerprint density at radius 3 is 2.40 bits per heavy atom. The summed E-state index contributed by atoms with van der Waals surface area (Å²) in [4.78, 5) is 66.3. The molecule has 3 saturated heterocycles. The van der Waals surface area contributed by atoms with Crippen LogP contribution < -0.4 is 21.0 Å². The summed E-state index contributed by atoms with van der Waals surface area (Å²) in [6.45, 7) is 6.96. The van der Waals surface area contributed by atoms with Gasteiger partial charge in [-0.15, -0.1) is 23.2 Å². The van der Waals surface area contributed by atoms with Gasteiger partial charge in [-0.2, -0.15) is 0 Å². The van der Waals surface area contributed by atoms with E-state index in [1.54, 1.807) is 33.8 Å². The lowest BCUT2D eigenvalue weighted by Gasteiger charge is -2.34. The molecule has 3 fully saturated rings. The predicted molar refractivity (Wildman–Crippen MR) is 221 cm³/mol. The number of benzene rings is 1. The van der Waals surface area contributed by atoms with Gasteiger partial charge >= 0.3 is 13.8 Å². The zero-order chi connectivity index (χ0) is 41.9. The Hall–Kier alpha value is -3.93. The van der Waals surface area contributed by atoms with Gasteiger partial charge in [0.25, 0.3) is 5.91 Å². The average molecular weight is 882 g/mol. The molecule has 4 aliphatic heterocycles. The first-order chi connectivity index (χ1) is 27.8. The van der Waals surface area contributed by atoms with Crippen LogP contribution >= 0.6 is 42.5 Å². The van der Waals surface area contributed by atoms with Gasteiger partial charge in [0.1, 0.15) is 11.5 Å². The van der Waals surface area contributed by atoms with Crippen LogP contribution in [-0.4, -0.2) is 124 Å². The Kier molecular flexibility index (Phi) is 16.2. The number of carbonyl (C=O) groups is 4. The Labute approximate surface area is 352 Å². The number of carbonyl (C=O) groups excluding carboxylic acids is 4. The number of nitrogens with one attached hydrogen (secondary N) is 2. The third-order valence-corrected chi connectivity index (χ3v) is 12.9. The van der Waals surface area contributed by atoms with Crippen molar-refractivity contribution in [3.63, 3.8) is 0 Å². The number of likely N-dealkylation sites (N-methyl/N-ethyl adjacent to an activating group) is 1. The molecule has 0 radical (unpaired) electrons. The fourth-order valence-electron chi connectivity index (χ4n) is 6.73. The second-order valence-corrected chi connectivity index (χ2v) is 17.1. The minimum absolute atomic E-state index is 0.144. The number of piperazine rings is 1. The fraction of sp³-hybridized carbons (Fsp3) is 0.486. The summed E-state index contributed by atoms with van der Waals surface area (Å²) in [5.41, 5.74) is 7.10. The van der Waals surface area contributed by atoms with Crippen LogP contribution in [0.2, 0.25) is 5.02 Å². The number of nitrogens with zero attached hydrogens (tertiary/aromatic N) is 7. The maximum atomic E-state index is 12.8. The lowest BCUT2D eigenvalue weighted by atomic mass is 9.72. The van der Waals surface area contributed by atoms with Gasteiger partial charge in [0, 0.05) is 88.3 Å². The highest BCUT2D eigenvalue weighted by Crippen LogP contribution is 2.48. The minimum Gasteiger partial charge on any atom is -0.419 e. The summed E-state index contributed by atoms with van der Waals surface area (Å²) >= 11 is 17.0. The van der Waals surface area contributed by atoms with E-state index in [9.17, 15) is 23.7 Å². The Morgan fingerprint density at radius 2 is 1.76 bits per heavy atom. The largest absolute Gasteiger partial charge is 0.419 e. The van der Waals surface area contributed by atoms with Crippen molar-refractivity contribution in [2.45, 2.75) is 44.2 Å². The van der Waals surface area contributed by atoms with Crippen molar-refractivity contribution in [3.8, 4) is 0 Å². The molecule has 4 aliphatic rings. The van der Waals surface area contributed by atoms with Gasteiger partial charge in [0.05, 0.1) is 17.0 Å². The van der Waals surface area contributed by atoms with E-state index in [1.165, 1.54) is 23.5 Å². The van der Waals surface area contributed by atoms with Crippen molar-refractivity contribution in [1.29, 1.82) is 0 Å². The van der Waals surface area contributed by atoms with Crippen LogP contribution in [0.5, 0.6) is 0 Å². The van der Waals surface area contributed by atoms with E-state index in [0.717, 1.165) is 31.6 Å². The van der Waals surface area contributed by atoms with Gasteiger partial charge in [0.2, 0.25) is 18.0 Å². The first kappa shape index (κ1) is 45.2. The van der Waals surface area contributed by atoms with Gasteiger partial charge in [-0.3, -0.25) is 29.2 Å². The summed E-state index contributed by atoms with van der Waals surface area (Å²) in [6.07, 6.45) is 5.31. The predicted octanol–water partition coefficient (Wildman–Crippen LogP) is 4.81. The van der Waals surface area contributed by atoms with Crippen LogP contribution in [0.25, 0.3) is 0 Å². The molecule has 4 N–H and O–H groups in total. The van der Waals surface area contributed by atoms with E-state index >= 15 is 0 Å². The van der Waals surface area contributed by atoms with Crippen molar-refractivity contribution >= 4 is 77.8 Å². The van der Waals surface area contributed by atoms with Crippen LogP contribution in [0.3, 0.4) is 0 Å². The summed E-state index contributed by atoms with van der Waals surface area (Å²) in [5, 5.41) is 5.71. The molecule has 6 heterocycles. The summed E-state index contributed by atoms with van der Waals surface area (Å²) in [6, 6.07) is 10.5. The van der Waals surface area contributed by atoms with Crippen LogP contribution in [0.4, 0.5) is 16.3 Å². The number of rotatable bonds is 9. The molecule has 0 bridgehead atoms. The molecule has 21 heteroatoms. The molecule has 2 aromatic heterocycles. The third-order valence-electron chi connectivity index (χ3n) is 10.0. The van der Waals surface area contributed by atoms with Crippen LogP contribution in [0.1, 0.15) is 60.6 Å². The Balaban J connectivity index is 0.000000178. The van der Waals surface area contributed by atoms with Crippen LogP contribution in [-0.2, 0) is 28.8 Å². The van der Waals surface area contributed by atoms with E-state index < -0.39 is 31.3 Å². The summed E-state index contributed by atoms with van der Waals surface area (Å²) in [7, 11) is -0.844. The first-order valence-corrected chi connectivity index (χ1v) is 21.9. The maximum Gasteiger partial charge on any atom is 0.412 e. The Bertz CT molecular complexity index is 1940. The molecule has 0 saturated carbocycles. The topological polar surface area (TPSA) is 206 Å². The number of anilines is 2. The maximum absolute atomic E-state index is 12.8. The van der Waals surface area contributed by atoms with E-state index in [0.29, 0.717) is 86.0 Å². The third kappa shape index (κ3) is 10.8. The van der Waals surface area contributed by atoms with E-state index in [-0.39, 0.29) is 17.5 Å². The molecular formula is C37H48Cl3N10O7P. The standard InChI is InChI=1S/C17H17ClN6O3.C13H16N2O2.C7H15Cl2N2O2P/c1-22-6-8-23(9-7-22)17(26)27-16-14-13(19-4-5-20-14)15(25)24(16)12-3-2-11(18)10-21-12;1-2-13(8-7-11(16)15-12(13)17)9-3-5-10(14)6-4-9;8-2-4-10-14(12)11(6-3-9)5-1-7-13-14/h2-5,10,16H,6-9H2,1H3;3-6H,2,7-8,14H2,1H3,(H,15,16,17);1-7H2,(H,10,12). The zero-order valence-corrected chi connectivity index (χ0v) is 35.5. The highest BCUT2D eigenvalue weighted by molar-refractivity contribution is 7.54. The van der Waals surface area contributed by atoms with Crippen molar-refractivity contribution in [2.24, 2.45) is 0 Å². The highest BCUT2D eigenvalue weighted by Gasteiger charge is 2.45. The monoisotopic (exact) mass is 880 g/mol. The number of aromatic nitrogens is 3. The van der Waals surface area contributed by atoms with Crippen molar-refractivity contribution in [1.82, 2.24) is 39.8 Å². The molecule has 1 aromatic carbocycles. The lowest BCUT2D eigenvalue weighted by molar-refractivity contribution is -0.138. The first-order valence-electron chi connectivity index (χ1n) is 18.8. The second-order valence-electron chi connectivity index (χ2n) is 13.7. The number of hydrogen-bond donors (Lipinski definition) is 3. The number of pyridine rings is 1. The number of piperidine rings is 1. The number of fused-ring (bicyclic) bond motifs is 1. The second kappa shape index (κ2) is 20.9. The molecule has 0 spiro atoms. The number of hydrogen-bond acceptors (Lipinski definition) is 12. The molecule has 3 atom stereocenters. The van der Waals surface area contributed by atoms with Gasteiger partial charge in [-0.05, 0) is 56.1 Å². The zero-order valence-electron chi connectivity index (χ0n) is 32.3. The average Bonchev–Trinajstić information content (AvgIpc) is 3.50. The van der Waals surface area contributed by atoms with Crippen LogP contribution in [0.15, 0.2) is 55.0 Å². The summed E-state index contributed by atoms with van der Waals surface area (Å²) < 4.78 is 24.9. The van der Waals surface area contributed by atoms with E-state index in [1.807, 2.05) is 26.1 Å². The molecule has 3 unspecified atom stereocenters. The molecule has 58 heavy (non-hydrogen) atoms. The minimum atomic E-state index is -2.84. The number of halogens is 3. The summed E-state index contributed by atoms with van der Waals surface area (Å²) in [5.74, 6) is 0.373. The Morgan fingerprint density at radius 1 is 1.03 bits per heavy atom. The number of alkyl halides is 2. The van der Waals surface area contributed by atoms with Gasteiger partial charge < -0.3 is 24.8 Å². The molecule has 314 valence electrons. The number of imide groups is 1. The number of nitrogen functional groups attached to an aromatic ring is 1. The molecule has 3 aromatic rings. The quantitative estimate of drug-likeness (QED) is 0.114. The van der Waals surface area contributed by atoms with Gasteiger partial charge in [-0.25, -0.2) is 29.4 Å². The van der Waals surface area contributed by atoms with Gasteiger partial charge in [0.15, 0.2) is 5.69 Å². The number of nitrogens with two attached hydrogens (primary N) is 1. The van der Waals surface area contributed by atoms with Crippen molar-refractivity contribution in [2.75, 3.05) is 81.9 Å². The number of ether oxygens (including phenoxy) is 1. The molecular weight excluding hydrogens is 834 g/mol. The van der Waals surface area contributed by atoms with Gasteiger partial charge in [-0.1, -0.05) is 30.7 Å². The molecule has 17 nitrogen and oxygen atoms in total. The molecule has 0 aliphatic carbocycles. The lowest BCUT2D eigenvalue weighted by Crippen LogP contribution is -2.51. The SMILES string of the molecule is CCC1(c2ccc(N)cc2)CCC(=O)NC1=O.CN1CCN(C(=O)OC2c3nccnc3C(=O)N2c2ccc(Cl)cn2)CC1.O=P1(NCCCl)OCCCN1CCCl. The smallest absolute Gasteiger partial charge is 0.412 e. The molecule has 7 rings (SSSR count). The highest BCUT2D eigenvalue weighted by atomic mass is 35.5. The normalized spacial score (nSPS) is 23.5.